The molecule has 1 aromatic heterocycles. The molecule has 0 saturated heterocycles. The molecule has 1 amide bonds. The van der Waals surface area contributed by atoms with Crippen LogP contribution < -0.4 is 5.32 Å². The number of benzene rings is 2. The highest BCUT2D eigenvalue weighted by Crippen LogP contribution is 2.32. The first-order valence-corrected chi connectivity index (χ1v) is 10.6. The Morgan fingerprint density at radius 2 is 1.89 bits per heavy atom. The van der Waals surface area contributed by atoms with E-state index in [-0.39, 0.29) is 5.91 Å². The van der Waals surface area contributed by atoms with Crippen molar-refractivity contribution in [3.63, 3.8) is 0 Å². The van der Waals surface area contributed by atoms with E-state index >= 15 is 0 Å². The van der Waals surface area contributed by atoms with Crippen molar-refractivity contribution >= 4 is 28.6 Å². The summed E-state index contributed by atoms with van der Waals surface area (Å²) in [4.78, 5) is 12.6. The number of hydrogen-bond acceptors (Lipinski definition) is 3. The molecule has 1 aliphatic heterocycles. The van der Waals surface area contributed by atoms with Crippen LogP contribution in [0.2, 0.25) is 0 Å². The average Bonchev–Trinajstić information content (AvgIpc) is 3.20. The maximum Gasteiger partial charge on any atom is 0.249 e. The van der Waals surface area contributed by atoms with Gasteiger partial charge in [0.15, 0.2) is 0 Å². The number of aryl methyl sites for hydroxylation is 1. The molecule has 0 bridgehead atoms. The summed E-state index contributed by atoms with van der Waals surface area (Å²) >= 11 is 0. The monoisotopic (exact) mass is 391 g/mol. The normalized spacial score (nSPS) is 15.7. The van der Waals surface area contributed by atoms with Gasteiger partial charge in [-0.1, -0.05) is 42.5 Å². The van der Waals surface area contributed by atoms with Crippen molar-refractivity contribution in [1.29, 1.82) is 0 Å². The highest BCUT2D eigenvalue weighted by Gasteiger charge is 2.28. The van der Waals surface area contributed by atoms with E-state index in [4.69, 9.17) is 0 Å². The number of rotatable bonds is 4. The molecule has 4 rings (SSSR count). The van der Waals surface area contributed by atoms with Gasteiger partial charge in [-0.2, -0.15) is 5.10 Å². The Hall–Kier alpha value is -2.99. The molecule has 2 aromatic carbocycles. The summed E-state index contributed by atoms with van der Waals surface area (Å²) in [5, 5.41) is 7.64. The first-order valence-electron chi connectivity index (χ1n) is 9.09. The Balaban J connectivity index is 1.69. The molecular formula is C22H21N3O2S. The molecule has 3 aromatic rings. The van der Waals surface area contributed by atoms with Crippen molar-refractivity contribution in [2.24, 2.45) is 0 Å². The van der Waals surface area contributed by atoms with Crippen molar-refractivity contribution in [2.75, 3.05) is 5.32 Å². The Bertz CT molecular complexity index is 1100. The van der Waals surface area contributed by atoms with E-state index in [1.807, 2.05) is 62.4 Å². The summed E-state index contributed by atoms with van der Waals surface area (Å²) < 4.78 is 13.8. The number of carbonyl (C=O) groups excluding carboxylic acids is 1. The Morgan fingerprint density at radius 3 is 2.68 bits per heavy atom. The second-order valence-corrected chi connectivity index (χ2v) is 8.32. The third kappa shape index (κ3) is 3.55. The lowest BCUT2D eigenvalue weighted by Gasteiger charge is -2.13. The predicted molar refractivity (Wildman–Crippen MR) is 113 cm³/mol. The number of anilines is 1. The highest BCUT2D eigenvalue weighted by molar-refractivity contribution is 7.83. The van der Waals surface area contributed by atoms with Gasteiger partial charge in [0.25, 0.3) is 0 Å². The lowest BCUT2D eigenvalue weighted by Crippen LogP contribution is -2.14. The second-order valence-electron chi connectivity index (χ2n) is 6.87. The molecule has 2 heterocycles. The molecule has 0 saturated carbocycles. The molecule has 1 N–H and O–H groups in total. The minimum Gasteiger partial charge on any atom is -0.307 e. The fraction of sp³-hybridized carbons (Fsp3) is 0.182. The molecule has 1 aliphatic rings. The molecule has 142 valence electrons. The third-order valence-electron chi connectivity index (χ3n) is 4.94. The molecular weight excluding hydrogens is 370 g/mol. The summed E-state index contributed by atoms with van der Waals surface area (Å²) in [5.41, 5.74) is 5.77. The molecule has 6 heteroatoms. The summed E-state index contributed by atoms with van der Waals surface area (Å²) in [6.07, 6.45) is 3.28. The van der Waals surface area contributed by atoms with Gasteiger partial charge in [-0.25, -0.2) is 4.68 Å². The van der Waals surface area contributed by atoms with Crippen LogP contribution in [0, 0.1) is 13.8 Å². The number of carbonyl (C=O) groups is 1. The van der Waals surface area contributed by atoms with Gasteiger partial charge >= 0.3 is 0 Å². The zero-order chi connectivity index (χ0) is 19.7. The predicted octanol–water partition coefficient (Wildman–Crippen LogP) is 3.90. The maximum atomic E-state index is 12.6. The molecule has 0 unspecified atom stereocenters. The number of hydrogen-bond donors (Lipinski definition) is 1. The highest BCUT2D eigenvalue weighted by atomic mass is 32.2. The zero-order valence-electron chi connectivity index (χ0n) is 15.8. The average molecular weight is 391 g/mol. The summed E-state index contributed by atoms with van der Waals surface area (Å²) in [7, 11) is -0.966. The van der Waals surface area contributed by atoms with Gasteiger partial charge in [-0.15, -0.1) is 0 Å². The summed E-state index contributed by atoms with van der Waals surface area (Å²) in [6.45, 7) is 4.09. The molecule has 28 heavy (non-hydrogen) atoms. The zero-order valence-corrected chi connectivity index (χ0v) is 16.6. The Morgan fingerprint density at radius 1 is 1.11 bits per heavy atom. The van der Waals surface area contributed by atoms with Gasteiger partial charge in [0.2, 0.25) is 5.91 Å². The lowest BCUT2D eigenvalue weighted by atomic mass is 10.1. The van der Waals surface area contributed by atoms with Crippen LogP contribution in [-0.2, 0) is 27.1 Å². The molecule has 0 spiro atoms. The van der Waals surface area contributed by atoms with Crippen molar-refractivity contribution in [3.05, 3.63) is 82.6 Å². The summed E-state index contributed by atoms with van der Waals surface area (Å²) in [6, 6.07) is 15.7. The van der Waals surface area contributed by atoms with Crippen LogP contribution in [0.15, 0.2) is 54.6 Å². The number of fused-ring (bicyclic) bond motifs is 1. The molecule has 0 aliphatic carbocycles. The van der Waals surface area contributed by atoms with Crippen LogP contribution >= 0.6 is 0 Å². The van der Waals surface area contributed by atoms with E-state index in [2.05, 4.69) is 10.4 Å². The van der Waals surface area contributed by atoms with Crippen LogP contribution in [0.5, 0.6) is 0 Å². The van der Waals surface area contributed by atoms with Gasteiger partial charge < -0.3 is 5.32 Å². The van der Waals surface area contributed by atoms with Crippen LogP contribution in [0.25, 0.3) is 11.8 Å². The maximum absolute atomic E-state index is 12.6. The van der Waals surface area contributed by atoms with E-state index in [9.17, 15) is 9.00 Å². The second kappa shape index (κ2) is 7.56. The van der Waals surface area contributed by atoms with Crippen LogP contribution in [-0.4, -0.2) is 19.9 Å². The van der Waals surface area contributed by atoms with Gasteiger partial charge in [0.05, 0.1) is 22.9 Å². The molecule has 1 atom stereocenters. The number of nitrogens with zero attached hydrogens (tertiary/aromatic N) is 2. The van der Waals surface area contributed by atoms with E-state index < -0.39 is 10.8 Å². The summed E-state index contributed by atoms with van der Waals surface area (Å²) in [5.74, 6) is 1.21. The quantitative estimate of drug-likeness (QED) is 0.686. The topological polar surface area (TPSA) is 64.0 Å². The Kier molecular flexibility index (Phi) is 4.96. The number of nitrogens with one attached hydrogen (secondary N) is 1. The standard InChI is InChI=1S/C22H21N3O2S/c1-15-7-6-10-20(16(15)2)25-22(18-13-28(27)14-19(18)24-25)23-21(26)12-11-17-8-4-3-5-9-17/h3-12H,13-14H2,1-2H3,(H,23,26)/t28-/m0/s1. The van der Waals surface area contributed by atoms with Crippen molar-refractivity contribution in [3.8, 4) is 5.69 Å². The smallest absolute Gasteiger partial charge is 0.249 e. The van der Waals surface area contributed by atoms with Crippen molar-refractivity contribution in [1.82, 2.24) is 9.78 Å². The van der Waals surface area contributed by atoms with Crippen molar-refractivity contribution < 1.29 is 9.00 Å². The lowest BCUT2D eigenvalue weighted by molar-refractivity contribution is -0.111. The fourth-order valence-corrected chi connectivity index (χ4v) is 4.55. The van der Waals surface area contributed by atoms with E-state index in [0.717, 1.165) is 33.6 Å². The largest absolute Gasteiger partial charge is 0.307 e. The minimum atomic E-state index is -0.966. The third-order valence-corrected chi connectivity index (χ3v) is 6.15. The van der Waals surface area contributed by atoms with Gasteiger partial charge in [-0.3, -0.25) is 9.00 Å². The van der Waals surface area contributed by atoms with Gasteiger partial charge in [0, 0.05) is 22.4 Å². The molecule has 0 fully saturated rings. The van der Waals surface area contributed by atoms with Gasteiger partial charge in [-0.05, 0) is 42.7 Å². The number of amides is 1. The molecule has 5 nitrogen and oxygen atoms in total. The fourth-order valence-electron chi connectivity index (χ4n) is 3.29. The first kappa shape index (κ1) is 18.4. The SMILES string of the molecule is Cc1cccc(-n2nc3c(c2NC(=O)C=Cc2ccccc2)C[S@](=O)C3)c1C. The van der Waals surface area contributed by atoms with Crippen molar-refractivity contribution in [2.45, 2.75) is 25.4 Å². The first-order chi connectivity index (χ1) is 13.5. The van der Waals surface area contributed by atoms with E-state index in [1.54, 1.807) is 10.8 Å². The number of aromatic nitrogens is 2. The Labute approximate surface area is 166 Å². The van der Waals surface area contributed by atoms with E-state index in [1.165, 1.54) is 6.08 Å². The van der Waals surface area contributed by atoms with Crippen LogP contribution in [0.1, 0.15) is 27.9 Å². The van der Waals surface area contributed by atoms with Gasteiger partial charge in [0.1, 0.15) is 5.82 Å². The van der Waals surface area contributed by atoms with Crippen LogP contribution in [0.4, 0.5) is 5.82 Å². The minimum absolute atomic E-state index is 0.240. The molecule has 0 radical (unpaired) electrons. The van der Waals surface area contributed by atoms with E-state index in [0.29, 0.717) is 17.3 Å². The van der Waals surface area contributed by atoms with Crippen LogP contribution in [0.3, 0.4) is 0 Å².